The van der Waals surface area contributed by atoms with Gasteiger partial charge in [-0.05, 0) is 39.5 Å². The fraction of sp³-hybridized carbons (Fsp3) is 0.923. The first-order valence-electron chi connectivity index (χ1n) is 6.88. The van der Waals surface area contributed by atoms with E-state index in [0.717, 1.165) is 25.7 Å². The lowest BCUT2D eigenvalue weighted by atomic mass is 9.92. The zero-order valence-electron chi connectivity index (χ0n) is 11.9. The first kappa shape index (κ1) is 18.6. The van der Waals surface area contributed by atoms with Gasteiger partial charge in [-0.25, -0.2) is 0 Å². The fourth-order valence-corrected chi connectivity index (χ4v) is 2.09. The maximum atomic E-state index is 11.8. The summed E-state index contributed by atoms with van der Waals surface area (Å²) in [6.45, 7) is 5.37. The average molecular weight is 295 g/mol. The van der Waals surface area contributed by atoms with Crippen LogP contribution in [-0.2, 0) is 14.3 Å². The van der Waals surface area contributed by atoms with Crippen molar-refractivity contribution in [2.24, 2.45) is 5.73 Å². The number of rotatable bonds is 7. The Morgan fingerprint density at radius 3 is 2.53 bits per heavy atom. The number of carbonyl (C=O) groups is 1. The third kappa shape index (κ3) is 7.72. The van der Waals surface area contributed by atoms with Gasteiger partial charge in [0.15, 0.2) is 0 Å². The minimum atomic E-state index is -0.416. The lowest BCUT2D eigenvalue weighted by Gasteiger charge is -2.27. The van der Waals surface area contributed by atoms with Crippen molar-refractivity contribution in [3.63, 3.8) is 0 Å². The third-order valence-electron chi connectivity index (χ3n) is 3.29. The van der Waals surface area contributed by atoms with Gasteiger partial charge in [0, 0.05) is 18.7 Å². The molecule has 0 radical (unpaired) electrons. The van der Waals surface area contributed by atoms with E-state index in [0.29, 0.717) is 25.9 Å². The fourth-order valence-electron chi connectivity index (χ4n) is 2.09. The second kappa shape index (κ2) is 10.4. The number of carbonyl (C=O) groups excluding carboxylic acids is 1. The van der Waals surface area contributed by atoms with Crippen molar-refractivity contribution in [2.45, 2.75) is 57.7 Å². The van der Waals surface area contributed by atoms with E-state index in [4.69, 9.17) is 15.2 Å². The molecule has 1 aliphatic carbocycles. The molecule has 1 aliphatic rings. The van der Waals surface area contributed by atoms with E-state index in [1.165, 1.54) is 0 Å². The minimum absolute atomic E-state index is 0. The summed E-state index contributed by atoms with van der Waals surface area (Å²) in [4.78, 5) is 11.8. The van der Waals surface area contributed by atoms with Crippen LogP contribution in [0.3, 0.4) is 0 Å². The van der Waals surface area contributed by atoms with Crippen molar-refractivity contribution in [3.8, 4) is 0 Å². The number of ether oxygens (including phenoxy) is 2. The van der Waals surface area contributed by atoms with Crippen molar-refractivity contribution in [2.75, 3.05) is 19.8 Å². The molecule has 1 saturated carbocycles. The summed E-state index contributed by atoms with van der Waals surface area (Å²) in [5.41, 5.74) is 5.83. The monoisotopic (exact) mass is 294 g/mol. The van der Waals surface area contributed by atoms with Crippen LogP contribution in [0.1, 0.15) is 39.5 Å². The van der Waals surface area contributed by atoms with Crippen LogP contribution in [0, 0.1) is 0 Å². The van der Waals surface area contributed by atoms with E-state index in [1.807, 2.05) is 6.92 Å². The van der Waals surface area contributed by atoms with E-state index in [2.05, 4.69) is 5.32 Å². The number of halogens is 1. The van der Waals surface area contributed by atoms with Gasteiger partial charge in [-0.2, -0.15) is 0 Å². The Hall–Kier alpha value is -0.360. The number of nitrogens with two attached hydrogens (primary N) is 1. The van der Waals surface area contributed by atoms with Crippen LogP contribution < -0.4 is 11.1 Å². The predicted octanol–water partition coefficient (Wildman–Crippen LogP) is 1.24. The molecule has 0 aromatic rings. The molecule has 1 fully saturated rings. The number of hydrogen-bond acceptors (Lipinski definition) is 4. The molecule has 6 heteroatoms. The third-order valence-corrected chi connectivity index (χ3v) is 3.29. The predicted molar refractivity (Wildman–Crippen MR) is 77.5 cm³/mol. The molecule has 0 aromatic carbocycles. The zero-order valence-corrected chi connectivity index (χ0v) is 12.7. The average Bonchev–Trinajstić information content (AvgIpc) is 2.37. The highest BCUT2D eigenvalue weighted by molar-refractivity contribution is 5.85. The normalized spacial score (nSPS) is 24.4. The van der Waals surface area contributed by atoms with E-state index < -0.39 is 6.10 Å². The summed E-state index contributed by atoms with van der Waals surface area (Å²) in [5.74, 6) is -0.0352. The lowest BCUT2D eigenvalue weighted by Crippen LogP contribution is -2.44. The first-order chi connectivity index (χ1) is 8.63. The Bertz CT molecular complexity index is 246. The molecule has 1 amide bonds. The Morgan fingerprint density at radius 2 is 1.95 bits per heavy atom. The van der Waals surface area contributed by atoms with Crippen LogP contribution in [0.2, 0.25) is 0 Å². The van der Waals surface area contributed by atoms with Gasteiger partial charge in [0.2, 0.25) is 5.91 Å². The van der Waals surface area contributed by atoms with E-state index in [-0.39, 0.29) is 24.4 Å². The highest BCUT2D eigenvalue weighted by atomic mass is 35.5. The molecule has 0 bridgehead atoms. The highest BCUT2D eigenvalue weighted by Crippen LogP contribution is 2.17. The molecule has 1 rings (SSSR count). The zero-order chi connectivity index (χ0) is 13.4. The number of nitrogens with one attached hydrogen (secondary N) is 1. The van der Waals surface area contributed by atoms with Gasteiger partial charge >= 0.3 is 0 Å². The van der Waals surface area contributed by atoms with Crippen LogP contribution in [0.15, 0.2) is 0 Å². The standard InChI is InChI=1S/C13H26N2O3.ClH/c1-3-17-8-9-18-10(2)13(16)15-12-6-4-11(14)5-7-12;/h10-12H,3-9,14H2,1-2H3,(H,15,16);1H. The minimum Gasteiger partial charge on any atom is -0.379 e. The maximum absolute atomic E-state index is 11.8. The molecule has 3 N–H and O–H groups in total. The largest absolute Gasteiger partial charge is 0.379 e. The Kier molecular flexibility index (Phi) is 10.2. The Morgan fingerprint density at radius 1 is 1.32 bits per heavy atom. The highest BCUT2D eigenvalue weighted by Gasteiger charge is 2.22. The summed E-state index contributed by atoms with van der Waals surface area (Å²) in [6.07, 6.45) is 3.51. The topological polar surface area (TPSA) is 73.6 Å². The van der Waals surface area contributed by atoms with E-state index in [1.54, 1.807) is 6.92 Å². The molecule has 0 spiro atoms. The lowest BCUT2D eigenvalue weighted by molar-refractivity contribution is -0.133. The molecule has 5 nitrogen and oxygen atoms in total. The molecule has 0 heterocycles. The SMILES string of the molecule is CCOCCOC(C)C(=O)NC1CCC(N)CC1.Cl. The van der Waals surface area contributed by atoms with E-state index >= 15 is 0 Å². The van der Waals surface area contributed by atoms with Gasteiger partial charge in [0.25, 0.3) is 0 Å². The molecular formula is C13H27ClN2O3. The van der Waals surface area contributed by atoms with Gasteiger partial charge in [-0.15, -0.1) is 12.4 Å². The first-order valence-corrected chi connectivity index (χ1v) is 6.88. The quantitative estimate of drug-likeness (QED) is 0.693. The Balaban J connectivity index is 0.00000324. The smallest absolute Gasteiger partial charge is 0.249 e. The van der Waals surface area contributed by atoms with Gasteiger partial charge in [0.1, 0.15) is 6.10 Å². The summed E-state index contributed by atoms with van der Waals surface area (Å²) in [6, 6.07) is 0.563. The van der Waals surface area contributed by atoms with E-state index in [9.17, 15) is 4.79 Å². The molecule has 0 aromatic heterocycles. The van der Waals surface area contributed by atoms with Crippen molar-refractivity contribution in [1.29, 1.82) is 0 Å². The molecule has 19 heavy (non-hydrogen) atoms. The van der Waals surface area contributed by atoms with Crippen LogP contribution in [-0.4, -0.2) is 43.9 Å². The van der Waals surface area contributed by atoms with Crippen LogP contribution in [0.5, 0.6) is 0 Å². The summed E-state index contributed by atoms with van der Waals surface area (Å²) in [5, 5.41) is 3.02. The van der Waals surface area contributed by atoms with Crippen molar-refractivity contribution < 1.29 is 14.3 Å². The van der Waals surface area contributed by atoms with Crippen LogP contribution >= 0.6 is 12.4 Å². The summed E-state index contributed by atoms with van der Waals surface area (Å²) in [7, 11) is 0. The molecule has 0 saturated heterocycles. The molecule has 1 unspecified atom stereocenters. The van der Waals surface area contributed by atoms with Crippen molar-refractivity contribution in [3.05, 3.63) is 0 Å². The van der Waals surface area contributed by atoms with Gasteiger partial charge < -0.3 is 20.5 Å². The van der Waals surface area contributed by atoms with Crippen LogP contribution in [0.4, 0.5) is 0 Å². The van der Waals surface area contributed by atoms with Gasteiger partial charge in [-0.1, -0.05) is 0 Å². The molecule has 1 atom stereocenters. The number of hydrogen-bond donors (Lipinski definition) is 2. The molecule has 114 valence electrons. The van der Waals surface area contributed by atoms with Gasteiger partial charge in [-0.3, -0.25) is 4.79 Å². The van der Waals surface area contributed by atoms with Crippen molar-refractivity contribution >= 4 is 18.3 Å². The van der Waals surface area contributed by atoms with Crippen LogP contribution in [0.25, 0.3) is 0 Å². The van der Waals surface area contributed by atoms with Gasteiger partial charge in [0.05, 0.1) is 13.2 Å². The molecular weight excluding hydrogens is 268 g/mol. The molecule has 0 aliphatic heterocycles. The summed E-state index contributed by atoms with van der Waals surface area (Å²) >= 11 is 0. The second-order valence-corrected chi connectivity index (χ2v) is 4.83. The second-order valence-electron chi connectivity index (χ2n) is 4.83. The number of amides is 1. The van der Waals surface area contributed by atoms with Crippen molar-refractivity contribution in [1.82, 2.24) is 5.32 Å². The summed E-state index contributed by atoms with van der Waals surface area (Å²) < 4.78 is 10.6. The Labute approximate surface area is 122 Å². The maximum Gasteiger partial charge on any atom is 0.249 e.